The summed E-state index contributed by atoms with van der Waals surface area (Å²) >= 11 is 0. The van der Waals surface area contributed by atoms with Gasteiger partial charge in [-0.3, -0.25) is 9.48 Å². The van der Waals surface area contributed by atoms with Crippen molar-refractivity contribution in [3.8, 4) is 5.75 Å². The fraction of sp³-hybridized carbons (Fsp3) is 0.444. The largest absolute Gasteiger partial charge is 0.491 e. The maximum absolute atomic E-state index is 13.0. The lowest BCUT2D eigenvalue weighted by Gasteiger charge is -2.36. The fourth-order valence-corrected chi connectivity index (χ4v) is 3.05. The molecule has 2 N–H and O–H groups in total. The summed E-state index contributed by atoms with van der Waals surface area (Å²) in [5.41, 5.74) is 0.0942. The fourth-order valence-electron chi connectivity index (χ4n) is 3.05. The van der Waals surface area contributed by atoms with Crippen molar-refractivity contribution in [3.05, 3.63) is 42.7 Å². The van der Waals surface area contributed by atoms with Gasteiger partial charge < -0.3 is 20.1 Å². The minimum absolute atomic E-state index is 0. The van der Waals surface area contributed by atoms with Gasteiger partial charge in [0.15, 0.2) is 0 Å². The van der Waals surface area contributed by atoms with E-state index in [9.17, 15) is 4.79 Å². The van der Waals surface area contributed by atoms with Crippen LogP contribution in [0.2, 0.25) is 0 Å². The van der Waals surface area contributed by atoms with Gasteiger partial charge >= 0.3 is 0 Å². The summed E-state index contributed by atoms with van der Waals surface area (Å²) in [5, 5.41) is 10.7. The van der Waals surface area contributed by atoms with E-state index in [1.807, 2.05) is 36.5 Å². The molecule has 7 nitrogen and oxygen atoms in total. The lowest BCUT2D eigenvalue weighted by Crippen LogP contribution is -2.52. The molecule has 2 heterocycles. The molecule has 1 aromatic heterocycles. The molecule has 0 bridgehead atoms. The Balaban J connectivity index is 0.00000243. The number of rotatable bonds is 7. The Kier molecular flexibility index (Phi) is 7.44. The molecule has 8 heteroatoms. The van der Waals surface area contributed by atoms with Crippen molar-refractivity contribution in [2.45, 2.75) is 18.4 Å². The van der Waals surface area contributed by atoms with Crippen LogP contribution < -0.4 is 15.4 Å². The van der Waals surface area contributed by atoms with E-state index in [0.717, 1.165) is 24.5 Å². The molecule has 0 spiro atoms. The van der Waals surface area contributed by atoms with Crippen molar-refractivity contribution in [1.29, 1.82) is 0 Å². The van der Waals surface area contributed by atoms with E-state index in [2.05, 4.69) is 15.7 Å². The van der Waals surface area contributed by atoms with Gasteiger partial charge in [0, 0.05) is 25.2 Å². The molecular formula is C18H25ClN4O3. The van der Waals surface area contributed by atoms with Crippen LogP contribution in [0.1, 0.15) is 12.8 Å². The van der Waals surface area contributed by atoms with Crippen molar-refractivity contribution in [2.24, 2.45) is 0 Å². The van der Waals surface area contributed by atoms with Gasteiger partial charge in [0.05, 0.1) is 6.61 Å². The van der Waals surface area contributed by atoms with Crippen molar-refractivity contribution in [1.82, 2.24) is 15.1 Å². The van der Waals surface area contributed by atoms with Gasteiger partial charge in [0.25, 0.3) is 5.91 Å². The number of anilines is 1. The highest BCUT2D eigenvalue weighted by Gasteiger charge is 2.41. The predicted octanol–water partition coefficient (Wildman–Crippen LogP) is 2.05. The molecule has 1 saturated heterocycles. The molecule has 1 fully saturated rings. The monoisotopic (exact) mass is 380 g/mol. The van der Waals surface area contributed by atoms with Crippen molar-refractivity contribution < 1.29 is 14.3 Å². The number of hydrogen-bond donors (Lipinski definition) is 2. The molecule has 0 unspecified atom stereocenters. The van der Waals surface area contributed by atoms with Gasteiger partial charge in [-0.2, -0.15) is 5.10 Å². The summed E-state index contributed by atoms with van der Waals surface area (Å²) in [4.78, 5) is 13.0. The van der Waals surface area contributed by atoms with Crippen molar-refractivity contribution >= 4 is 24.0 Å². The first-order valence-electron chi connectivity index (χ1n) is 8.49. The lowest BCUT2D eigenvalue weighted by atomic mass is 9.87. The molecule has 142 valence electrons. The molecule has 0 radical (unpaired) electrons. The average Bonchev–Trinajstić information content (AvgIpc) is 3.19. The molecule has 0 saturated carbocycles. The number of aromatic nitrogens is 2. The number of carbonyl (C=O) groups excluding carboxylic acids is 1. The zero-order valence-corrected chi connectivity index (χ0v) is 15.6. The van der Waals surface area contributed by atoms with Gasteiger partial charge in [0.1, 0.15) is 17.9 Å². The number of nitrogens with one attached hydrogen (secondary N) is 2. The normalized spacial score (nSPS) is 15.7. The number of hydrogen-bond acceptors (Lipinski definition) is 5. The van der Waals surface area contributed by atoms with E-state index in [4.69, 9.17) is 9.47 Å². The number of piperidine rings is 1. The van der Waals surface area contributed by atoms with Gasteiger partial charge in [-0.1, -0.05) is 0 Å². The standard InChI is InChI=1S/C18H24N4O3.ClH/c1-24-13-14-25-16-5-3-15(4-6-16)21-17(23)18(7-10-19-11-8-18)22-12-2-9-20-22;/h2-6,9,12,19H,7-8,10-11,13-14H2,1H3,(H,21,23);1H. The highest BCUT2D eigenvalue weighted by molar-refractivity contribution is 5.96. The molecule has 1 aliphatic rings. The summed E-state index contributed by atoms with van der Waals surface area (Å²) in [6.45, 7) is 2.62. The first-order chi connectivity index (χ1) is 12.2. The molecular weight excluding hydrogens is 356 g/mol. The second-order valence-electron chi connectivity index (χ2n) is 6.05. The van der Waals surface area contributed by atoms with E-state index in [0.29, 0.717) is 26.1 Å². The van der Waals surface area contributed by atoms with Crippen LogP contribution >= 0.6 is 12.4 Å². The number of carbonyl (C=O) groups is 1. The third kappa shape index (κ3) is 4.55. The minimum atomic E-state index is -0.650. The highest BCUT2D eigenvalue weighted by Crippen LogP contribution is 2.29. The van der Waals surface area contributed by atoms with Crippen LogP contribution in [0.4, 0.5) is 5.69 Å². The van der Waals surface area contributed by atoms with Crippen LogP contribution in [0.15, 0.2) is 42.7 Å². The molecule has 0 aliphatic carbocycles. The van der Waals surface area contributed by atoms with E-state index in [-0.39, 0.29) is 18.3 Å². The summed E-state index contributed by atoms with van der Waals surface area (Å²) in [7, 11) is 1.64. The molecule has 26 heavy (non-hydrogen) atoms. The highest BCUT2D eigenvalue weighted by atomic mass is 35.5. The summed E-state index contributed by atoms with van der Waals surface area (Å²) in [5.74, 6) is 0.712. The molecule has 0 atom stereocenters. The Hall–Kier alpha value is -2.09. The van der Waals surface area contributed by atoms with Crippen LogP contribution in [0.5, 0.6) is 5.75 Å². The van der Waals surface area contributed by atoms with E-state index in [1.54, 1.807) is 18.0 Å². The first-order valence-corrected chi connectivity index (χ1v) is 8.49. The number of ether oxygens (including phenoxy) is 2. The van der Waals surface area contributed by atoms with Crippen LogP contribution in [-0.4, -0.2) is 49.1 Å². The van der Waals surface area contributed by atoms with Gasteiger partial charge in [-0.15, -0.1) is 12.4 Å². The zero-order chi connectivity index (χ0) is 17.5. The third-order valence-corrected chi connectivity index (χ3v) is 4.46. The number of methoxy groups -OCH3 is 1. The van der Waals surface area contributed by atoms with Crippen molar-refractivity contribution in [2.75, 3.05) is 38.7 Å². The maximum atomic E-state index is 13.0. The van der Waals surface area contributed by atoms with Crippen molar-refractivity contribution in [3.63, 3.8) is 0 Å². The molecule has 1 amide bonds. The Labute approximate surface area is 159 Å². The minimum Gasteiger partial charge on any atom is -0.491 e. The Morgan fingerprint density at radius 3 is 2.62 bits per heavy atom. The van der Waals surface area contributed by atoms with Crippen LogP contribution in [-0.2, 0) is 15.1 Å². The second-order valence-corrected chi connectivity index (χ2v) is 6.05. The van der Waals surface area contributed by atoms with Crippen LogP contribution in [0.25, 0.3) is 0 Å². The molecule has 2 aromatic rings. The Bertz CT molecular complexity index is 670. The SMILES string of the molecule is COCCOc1ccc(NC(=O)C2(n3cccn3)CCNCC2)cc1.Cl. The predicted molar refractivity (Wildman–Crippen MR) is 102 cm³/mol. The first kappa shape index (κ1) is 20.2. The molecule has 1 aromatic carbocycles. The summed E-state index contributed by atoms with van der Waals surface area (Å²) < 4.78 is 12.3. The Morgan fingerprint density at radius 2 is 2.00 bits per heavy atom. The molecule has 1 aliphatic heterocycles. The van der Waals surface area contributed by atoms with Gasteiger partial charge in [-0.05, 0) is 56.3 Å². The van der Waals surface area contributed by atoms with Crippen LogP contribution in [0.3, 0.4) is 0 Å². The van der Waals surface area contributed by atoms with Gasteiger partial charge in [0.2, 0.25) is 0 Å². The van der Waals surface area contributed by atoms with Gasteiger partial charge in [-0.25, -0.2) is 0 Å². The Morgan fingerprint density at radius 1 is 1.27 bits per heavy atom. The lowest BCUT2D eigenvalue weighted by molar-refractivity contribution is -0.126. The average molecular weight is 381 g/mol. The zero-order valence-electron chi connectivity index (χ0n) is 14.8. The smallest absolute Gasteiger partial charge is 0.252 e. The van der Waals surface area contributed by atoms with Crippen LogP contribution in [0, 0.1) is 0 Å². The van der Waals surface area contributed by atoms with E-state index >= 15 is 0 Å². The maximum Gasteiger partial charge on any atom is 0.252 e. The topological polar surface area (TPSA) is 77.4 Å². The number of amides is 1. The molecule has 3 rings (SSSR count). The third-order valence-electron chi connectivity index (χ3n) is 4.46. The second kappa shape index (κ2) is 9.56. The number of nitrogens with zero attached hydrogens (tertiary/aromatic N) is 2. The van der Waals surface area contributed by atoms with E-state index < -0.39 is 5.54 Å². The number of benzene rings is 1. The number of halogens is 1. The summed E-state index contributed by atoms with van der Waals surface area (Å²) in [6.07, 6.45) is 4.98. The van der Waals surface area contributed by atoms with E-state index in [1.165, 1.54) is 0 Å². The quantitative estimate of drug-likeness (QED) is 0.719. The summed E-state index contributed by atoms with van der Waals surface area (Å²) in [6, 6.07) is 9.22.